The van der Waals surface area contributed by atoms with Crippen LogP contribution in [0.5, 0.6) is 11.5 Å². The normalized spacial score (nSPS) is 18.0. The fourth-order valence-electron chi connectivity index (χ4n) is 4.11. The number of benzene rings is 2. The standard InChI is InChI=1S/C24H26N2O4S/c1-15(2)18-6-3-7-21-22(18)25-24(31-21)26(14-17-5-4-10-28-17)23(27)16-8-9-19-20(13-16)30-12-11-29-19/h3,6-9,13,15,17H,4-5,10-12,14H2,1-2H3. The Morgan fingerprint density at radius 1 is 1.16 bits per heavy atom. The molecule has 3 heterocycles. The minimum absolute atomic E-state index is 0.0257. The minimum Gasteiger partial charge on any atom is -0.486 e. The highest BCUT2D eigenvalue weighted by molar-refractivity contribution is 7.22. The van der Waals surface area contributed by atoms with E-state index in [0.29, 0.717) is 47.9 Å². The van der Waals surface area contributed by atoms with Crippen LogP contribution in [-0.4, -0.2) is 43.4 Å². The first-order chi connectivity index (χ1) is 15.1. The van der Waals surface area contributed by atoms with E-state index in [2.05, 4.69) is 32.0 Å². The van der Waals surface area contributed by atoms with E-state index in [4.69, 9.17) is 19.2 Å². The highest BCUT2D eigenvalue weighted by Gasteiger charge is 2.28. The summed E-state index contributed by atoms with van der Waals surface area (Å²) in [6.45, 7) is 6.57. The first kappa shape index (κ1) is 20.3. The lowest BCUT2D eigenvalue weighted by Crippen LogP contribution is -2.37. The Balaban J connectivity index is 1.53. The second kappa shape index (κ2) is 8.48. The van der Waals surface area contributed by atoms with Crippen LogP contribution in [-0.2, 0) is 4.74 Å². The van der Waals surface area contributed by atoms with E-state index in [9.17, 15) is 4.79 Å². The van der Waals surface area contributed by atoms with Crippen LogP contribution in [0.2, 0.25) is 0 Å². The third-order valence-electron chi connectivity index (χ3n) is 5.74. The summed E-state index contributed by atoms with van der Waals surface area (Å²) in [6.07, 6.45) is 2.00. The molecule has 0 N–H and O–H groups in total. The van der Waals surface area contributed by atoms with E-state index >= 15 is 0 Å². The molecule has 2 aromatic carbocycles. The van der Waals surface area contributed by atoms with E-state index in [1.165, 1.54) is 5.56 Å². The number of para-hydroxylation sites is 1. The van der Waals surface area contributed by atoms with Gasteiger partial charge in [0.25, 0.3) is 5.91 Å². The summed E-state index contributed by atoms with van der Waals surface area (Å²) < 4.78 is 18.2. The fraction of sp³-hybridized carbons (Fsp3) is 0.417. The van der Waals surface area contributed by atoms with Crippen molar-refractivity contribution >= 4 is 32.6 Å². The number of rotatable bonds is 5. The third kappa shape index (κ3) is 4.00. The molecule has 2 aliphatic heterocycles. The number of carbonyl (C=O) groups is 1. The summed E-state index contributed by atoms with van der Waals surface area (Å²) in [5, 5.41) is 0.707. The van der Waals surface area contributed by atoms with Gasteiger partial charge in [-0.15, -0.1) is 0 Å². The number of hydrogen-bond donors (Lipinski definition) is 0. The Morgan fingerprint density at radius 3 is 2.77 bits per heavy atom. The van der Waals surface area contributed by atoms with E-state index in [1.54, 1.807) is 34.4 Å². The van der Waals surface area contributed by atoms with Gasteiger partial charge in [-0.25, -0.2) is 4.98 Å². The topological polar surface area (TPSA) is 60.9 Å². The van der Waals surface area contributed by atoms with Gasteiger partial charge in [-0.3, -0.25) is 9.69 Å². The second-order valence-corrected chi connectivity index (χ2v) is 9.26. The second-order valence-electron chi connectivity index (χ2n) is 8.25. The highest BCUT2D eigenvalue weighted by Crippen LogP contribution is 2.36. The average molecular weight is 439 g/mol. The van der Waals surface area contributed by atoms with Crippen molar-refractivity contribution in [1.82, 2.24) is 4.98 Å². The van der Waals surface area contributed by atoms with Crippen molar-refractivity contribution in [2.24, 2.45) is 0 Å². The molecule has 162 valence electrons. The average Bonchev–Trinajstić information content (AvgIpc) is 3.45. The van der Waals surface area contributed by atoms with Gasteiger partial charge in [0, 0.05) is 12.2 Å². The molecule has 1 fully saturated rings. The molecule has 0 saturated carbocycles. The van der Waals surface area contributed by atoms with Crippen molar-refractivity contribution < 1.29 is 19.0 Å². The summed E-state index contributed by atoms with van der Waals surface area (Å²) in [4.78, 5) is 20.4. The summed E-state index contributed by atoms with van der Waals surface area (Å²) in [6, 6.07) is 11.6. The van der Waals surface area contributed by atoms with Gasteiger partial charge in [-0.1, -0.05) is 37.3 Å². The molecule has 7 heteroatoms. The maximum atomic E-state index is 13.7. The van der Waals surface area contributed by atoms with Crippen molar-refractivity contribution in [1.29, 1.82) is 0 Å². The van der Waals surface area contributed by atoms with Gasteiger partial charge >= 0.3 is 0 Å². The highest BCUT2D eigenvalue weighted by atomic mass is 32.1. The van der Waals surface area contributed by atoms with Crippen LogP contribution in [0.25, 0.3) is 10.2 Å². The summed E-state index contributed by atoms with van der Waals surface area (Å²) in [5.74, 6) is 1.55. The molecule has 0 aliphatic carbocycles. The molecule has 1 amide bonds. The van der Waals surface area contributed by atoms with E-state index < -0.39 is 0 Å². The van der Waals surface area contributed by atoms with E-state index in [1.807, 2.05) is 0 Å². The van der Waals surface area contributed by atoms with Crippen LogP contribution < -0.4 is 14.4 Å². The lowest BCUT2D eigenvalue weighted by molar-refractivity contribution is 0.0916. The molecule has 0 bridgehead atoms. The molecule has 1 unspecified atom stereocenters. The van der Waals surface area contributed by atoms with Gasteiger partial charge in [0.2, 0.25) is 0 Å². The molecule has 3 aromatic rings. The van der Waals surface area contributed by atoms with Gasteiger partial charge in [0.05, 0.1) is 22.9 Å². The molecule has 1 aromatic heterocycles. The Kier molecular flexibility index (Phi) is 5.54. The minimum atomic E-state index is -0.0994. The Morgan fingerprint density at radius 2 is 2.00 bits per heavy atom. The summed E-state index contributed by atoms with van der Waals surface area (Å²) in [7, 11) is 0. The zero-order valence-corrected chi connectivity index (χ0v) is 18.6. The summed E-state index contributed by atoms with van der Waals surface area (Å²) >= 11 is 1.55. The van der Waals surface area contributed by atoms with Crippen LogP contribution in [0.15, 0.2) is 36.4 Å². The third-order valence-corrected chi connectivity index (χ3v) is 6.78. The van der Waals surface area contributed by atoms with Crippen LogP contribution in [0.1, 0.15) is 48.5 Å². The molecule has 0 spiro atoms. The smallest absolute Gasteiger partial charge is 0.260 e. The number of carbonyl (C=O) groups excluding carboxylic acids is 1. The molecule has 0 radical (unpaired) electrons. The molecule has 2 aliphatic rings. The lowest BCUT2D eigenvalue weighted by Gasteiger charge is -2.24. The number of fused-ring (bicyclic) bond motifs is 2. The maximum absolute atomic E-state index is 13.7. The number of amides is 1. The quantitative estimate of drug-likeness (QED) is 0.560. The lowest BCUT2D eigenvalue weighted by atomic mass is 10.0. The van der Waals surface area contributed by atoms with Crippen LogP contribution in [0.4, 0.5) is 5.13 Å². The van der Waals surface area contributed by atoms with Crippen molar-refractivity contribution in [2.45, 2.75) is 38.7 Å². The SMILES string of the molecule is CC(C)c1cccc2sc(N(CC3CCCO3)C(=O)c3ccc4c(c3)OCCO4)nc12. The van der Waals surface area contributed by atoms with E-state index in [0.717, 1.165) is 29.7 Å². The Bertz CT molecular complexity index is 1100. The van der Waals surface area contributed by atoms with Crippen LogP contribution >= 0.6 is 11.3 Å². The Labute approximate surface area is 185 Å². The first-order valence-corrected chi connectivity index (χ1v) is 11.6. The maximum Gasteiger partial charge on any atom is 0.260 e. The predicted molar refractivity (Wildman–Crippen MR) is 122 cm³/mol. The summed E-state index contributed by atoms with van der Waals surface area (Å²) in [5.41, 5.74) is 2.74. The molecule has 1 atom stereocenters. The van der Waals surface area contributed by atoms with Gasteiger partial charge < -0.3 is 14.2 Å². The number of thiazole rings is 1. The molecule has 5 rings (SSSR count). The van der Waals surface area contributed by atoms with Gasteiger partial charge in [-0.05, 0) is 48.6 Å². The van der Waals surface area contributed by atoms with Gasteiger partial charge in [-0.2, -0.15) is 0 Å². The molecule has 6 nitrogen and oxygen atoms in total. The number of hydrogen-bond acceptors (Lipinski definition) is 6. The number of ether oxygens (including phenoxy) is 3. The Hall–Kier alpha value is -2.64. The first-order valence-electron chi connectivity index (χ1n) is 10.8. The number of anilines is 1. The zero-order valence-electron chi connectivity index (χ0n) is 17.8. The van der Waals surface area contributed by atoms with Gasteiger partial charge in [0.1, 0.15) is 13.2 Å². The molecular formula is C24H26N2O4S. The largest absolute Gasteiger partial charge is 0.486 e. The van der Waals surface area contributed by atoms with Crippen LogP contribution in [0, 0.1) is 0 Å². The predicted octanol–water partition coefficient (Wildman–Crippen LogP) is 5.02. The van der Waals surface area contributed by atoms with Crippen molar-refractivity contribution in [3.05, 3.63) is 47.5 Å². The van der Waals surface area contributed by atoms with E-state index in [-0.39, 0.29) is 12.0 Å². The van der Waals surface area contributed by atoms with Crippen molar-refractivity contribution in [2.75, 3.05) is 31.3 Å². The molecule has 1 saturated heterocycles. The fourth-order valence-corrected chi connectivity index (χ4v) is 5.12. The number of nitrogens with zero attached hydrogens (tertiary/aromatic N) is 2. The molecule has 31 heavy (non-hydrogen) atoms. The van der Waals surface area contributed by atoms with Crippen molar-refractivity contribution in [3.8, 4) is 11.5 Å². The zero-order chi connectivity index (χ0) is 21.4. The van der Waals surface area contributed by atoms with Crippen molar-refractivity contribution in [3.63, 3.8) is 0 Å². The number of aromatic nitrogens is 1. The molecular weight excluding hydrogens is 412 g/mol. The van der Waals surface area contributed by atoms with Gasteiger partial charge in [0.15, 0.2) is 16.6 Å². The monoisotopic (exact) mass is 438 g/mol. The van der Waals surface area contributed by atoms with Crippen LogP contribution in [0.3, 0.4) is 0 Å².